The molecule has 1 aromatic heterocycles. The highest BCUT2D eigenvalue weighted by Crippen LogP contribution is 2.29. The van der Waals surface area contributed by atoms with Gasteiger partial charge < -0.3 is 5.32 Å². The van der Waals surface area contributed by atoms with Gasteiger partial charge in [-0.1, -0.05) is 49.4 Å². The predicted octanol–water partition coefficient (Wildman–Crippen LogP) is 3.94. The number of nitrogens with zero attached hydrogens (tertiary/aromatic N) is 2. The Bertz CT molecular complexity index is 831. The number of halogens is 1. The summed E-state index contributed by atoms with van der Waals surface area (Å²) in [6.07, 6.45) is 0. The summed E-state index contributed by atoms with van der Waals surface area (Å²) in [6, 6.07) is 17.3. The first-order valence-corrected chi connectivity index (χ1v) is 8.34. The summed E-state index contributed by atoms with van der Waals surface area (Å²) in [5.74, 6) is -0.112. The third-order valence-electron chi connectivity index (χ3n) is 4.71. The van der Waals surface area contributed by atoms with Crippen molar-refractivity contribution < 1.29 is 4.39 Å². The number of benzene rings is 2. The van der Waals surface area contributed by atoms with Crippen molar-refractivity contribution in [1.29, 1.82) is 0 Å². The second-order valence-electron chi connectivity index (χ2n) is 6.29. The maximum Gasteiger partial charge on any atom is 0.131 e. The molecule has 1 atom stereocenters. The van der Waals surface area contributed by atoms with E-state index in [1.165, 1.54) is 5.69 Å². The van der Waals surface area contributed by atoms with Gasteiger partial charge in [-0.05, 0) is 23.3 Å². The smallest absolute Gasteiger partial charge is 0.131 e. The molecular formula is C20H20FN3. The molecule has 0 aliphatic carbocycles. The summed E-state index contributed by atoms with van der Waals surface area (Å²) in [6.45, 7) is 4.77. The maximum atomic E-state index is 14.6. The van der Waals surface area contributed by atoms with Crippen molar-refractivity contribution in [3.05, 3.63) is 77.4 Å². The predicted molar refractivity (Wildman–Crippen MR) is 93.3 cm³/mol. The van der Waals surface area contributed by atoms with Crippen LogP contribution in [-0.2, 0) is 13.1 Å². The van der Waals surface area contributed by atoms with Crippen LogP contribution in [0.2, 0.25) is 0 Å². The van der Waals surface area contributed by atoms with Gasteiger partial charge >= 0.3 is 0 Å². The fourth-order valence-electron chi connectivity index (χ4n) is 3.25. The quantitative estimate of drug-likeness (QED) is 0.792. The summed E-state index contributed by atoms with van der Waals surface area (Å²) in [7, 11) is 0. The SMILES string of the molecule is CC(c1ccc(-c2ccccc2)c(F)c1)c1cc2n(n1)CCNC2. The molecule has 0 radical (unpaired) electrons. The molecule has 3 aromatic rings. The molecule has 1 unspecified atom stereocenters. The van der Waals surface area contributed by atoms with E-state index in [0.29, 0.717) is 5.56 Å². The summed E-state index contributed by atoms with van der Waals surface area (Å²) in [4.78, 5) is 0. The molecule has 2 aromatic carbocycles. The lowest BCUT2D eigenvalue weighted by Gasteiger charge is -2.14. The molecule has 1 N–H and O–H groups in total. The van der Waals surface area contributed by atoms with Gasteiger partial charge in [0.05, 0.1) is 17.9 Å². The van der Waals surface area contributed by atoms with E-state index in [2.05, 4.69) is 23.0 Å². The minimum Gasteiger partial charge on any atom is -0.309 e. The first-order chi connectivity index (χ1) is 11.7. The molecule has 2 heterocycles. The average molecular weight is 321 g/mol. The fourth-order valence-corrected chi connectivity index (χ4v) is 3.25. The van der Waals surface area contributed by atoms with Crippen LogP contribution in [0.3, 0.4) is 0 Å². The van der Waals surface area contributed by atoms with Crippen LogP contribution in [0.5, 0.6) is 0 Å². The number of fused-ring (bicyclic) bond motifs is 1. The molecule has 0 amide bonds. The normalized spacial score (nSPS) is 15.1. The molecule has 4 heteroatoms. The number of aromatic nitrogens is 2. The summed E-state index contributed by atoms with van der Waals surface area (Å²) in [5, 5.41) is 8.04. The van der Waals surface area contributed by atoms with Crippen molar-refractivity contribution in [3.63, 3.8) is 0 Å². The van der Waals surface area contributed by atoms with E-state index in [4.69, 9.17) is 5.10 Å². The highest BCUT2D eigenvalue weighted by Gasteiger charge is 2.18. The molecule has 0 bridgehead atoms. The summed E-state index contributed by atoms with van der Waals surface area (Å²) < 4.78 is 16.7. The van der Waals surface area contributed by atoms with Crippen molar-refractivity contribution in [2.24, 2.45) is 0 Å². The van der Waals surface area contributed by atoms with Crippen molar-refractivity contribution in [1.82, 2.24) is 15.1 Å². The van der Waals surface area contributed by atoms with Gasteiger partial charge in [-0.25, -0.2) is 4.39 Å². The van der Waals surface area contributed by atoms with Crippen LogP contribution in [-0.4, -0.2) is 16.3 Å². The zero-order valence-corrected chi connectivity index (χ0v) is 13.7. The molecule has 0 spiro atoms. The third kappa shape index (κ3) is 2.74. The second-order valence-corrected chi connectivity index (χ2v) is 6.29. The van der Waals surface area contributed by atoms with E-state index in [1.54, 1.807) is 6.07 Å². The first kappa shape index (κ1) is 15.1. The Kier molecular flexibility index (Phi) is 3.90. The highest BCUT2D eigenvalue weighted by atomic mass is 19.1. The maximum absolute atomic E-state index is 14.6. The molecule has 0 saturated heterocycles. The Morgan fingerprint density at radius 2 is 1.96 bits per heavy atom. The van der Waals surface area contributed by atoms with Gasteiger partial charge in [0.25, 0.3) is 0 Å². The number of hydrogen-bond acceptors (Lipinski definition) is 2. The summed E-state index contributed by atoms with van der Waals surface area (Å²) in [5.41, 5.74) is 4.69. The van der Waals surface area contributed by atoms with Crippen LogP contribution >= 0.6 is 0 Å². The largest absolute Gasteiger partial charge is 0.309 e. The van der Waals surface area contributed by atoms with Crippen LogP contribution in [0.4, 0.5) is 4.39 Å². The fraction of sp³-hybridized carbons (Fsp3) is 0.250. The second kappa shape index (κ2) is 6.21. The monoisotopic (exact) mass is 321 g/mol. The number of rotatable bonds is 3. The first-order valence-electron chi connectivity index (χ1n) is 8.34. The lowest BCUT2D eigenvalue weighted by molar-refractivity contribution is 0.472. The van der Waals surface area contributed by atoms with E-state index < -0.39 is 0 Å². The molecule has 4 rings (SSSR count). The van der Waals surface area contributed by atoms with Crippen LogP contribution in [0.15, 0.2) is 54.6 Å². The Morgan fingerprint density at radius 3 is 2.71 bits per heavy atom. The van der Waals surface area contributed by atoms with Gasteiger partial charge in [-0.3, -0.25) is 4.68 Å². The third-order valence-corrected chi connectivity index (χ3v) is 4.71. The molecular weight excluding hydrogens is 301 g/mol. The molecule has 1 aliphatic rings. The van der Waals surface area contributed by atoms with E-state index in [-0.39, 0.29) is 11.7 Å². The zero-order chi connectivity index (χ0) is 16.5. The molecule has 0 saturated carbocycles. The summed E-state index contributed by atoms with van der Waals surface area (Å²) >= 11 is 0. The van der Waals surface area contributed by atoms with E-state index in [0.717, 1.165) is 36.5 Å². The van der Waals surface area contributed by atoms with Gasteiger partial charge in [0.2, 0.25) is 0 Å². The van der Waals surface area contributed by atoms with Gasteiger partial charge in [0.15, 0.2) is 0 Å². The standard InChI is InChI=1S/C20H20FN3/c1-14(20-12-17-13-22-9-10-24(17)23-20)16-7-8-18(19(21)11-16)15-5-3-2-4-6-15/h2-8,11-12,14,22H,9-10,13H2,1H3. The average Bonchev–Trinajstić information content (AvgIpc) is 3.06. The number of hydrogen-bond donors (Lipinski definition) is 1. The molecule has 3 nitrogen and oxygen atoms in total. The van der Waals surface area contributed by atoms with Gasteiger partial charge in [-0.15, -0.1) is 0 Å². The van der Waals surface area contributed by atoms with E-state index in [9.17, 15) is 4.39 Å². The van der Waals surface area contributed by atoms with E-state index >= 15 is 0 Å². The topological polar surface area (TPSA) is 29.9 Å². The zero-order valence-electron chi connectivity index (χ0n) is 13.7. The van der Waals surface area contributed by atoms with Crippen LogP contribution < -0.4 is 5.32 Å². The Hall–Kier alpha value is -2.46. The van der Waals surface area contributed by atoms with Gasteiger partial charge in [-0.2, -0.15) is 5.10 Å². The Balaban J connectivity index is 1.64. The van der Waals surface area contributed by atoms with Crippen molar-refractivity contribution >= 4 is 0 Å². The van der Waals surface area contributed by atoms with Gasteiger partial charge in [0.1, 0.15) is 5.82 Å². The van der Waals surface area contributed by atoms with Crippen LogP contribution in [0, 0.1) is 5.82 Å². The lowest BCUT2D eigenvalue weighted by atomic mass is 9.94. The van der Waals surface area contributed by atoms with Crippen LogP contribution in [0.25, 0.3) is 11.1 Å². The Morgan fingerprint density at radius 1 is 1.12 bits per heavy atom. The Labute approximate surface area is 141 Å². The minimum atomic E-state index is -0.184. The van der Waals surface area contributed by atoms with Crippen LogP contribution in [0.1, 0.15) is 29.8 Å². The molecule has 24 heavy (non-hydrogen) atoms. The van der Waals surface area contributed by atoms with Gasteiger partial charge in [0, 0.05) is 24.6 Å². The number of nitrogens with one attached hydrogen (secondary N) is 1. The molecule has 122 valence electrons. The minimum absolute atomic E-state index is 0.0717. The highest BCUT2D eigenvalue weighted by molar-refractivity contribution is 5.64. The van der Waals surface area contributed by atoms with Crippen molar-refractivity contribution in [2.75, 3.05) is 6.54 Å². The lowest BCUT2D eigenvalue weighted by Crippen LogP contribution is -2.28. The molecule has 1 aliphatic heterocycles. The van der Waals surface area contributed by atoms with Crippen molar-refractivity contribution in [3.8, 4) is 11.1 Å². The molecule has 0 fully saturated rings. The van der Waals surface area contributed by atoms with E-state index in [1.807, 2.05) is 42.5 Å². The van der Waals surface area contributed by atoms with Crippen molar-refractivity contribution in [2.45, 2.75) is 25.9 Å².